The smallest absolute Gasteiger partial charge is 0.132 e. The van der Waals surface area contributed by atoms with Gasteiger partial charge in [0.2, 0.25) is 0 Å². The monoisotopic (exact) mass is 247 g/mol. The molecule has 0 aliphatic heterocycles. The fraction of sp³-hybridized carbons (Fsp3) is 0.385. The summed E-state index contributed by atoms with van der Waals surface area (Å²) in [5.41, 5.74) is 3.34. The van der Waals surface area contributed by atoms with Gasteiger partial charge in [-0.05, 0) is 26.3 Å². The van der Waals surface area contributed by atoms with Gasteiger partial charge in [0.25, 0.3) is 0 Å². The molecule has 2 heterocycles. The van der Waals surface area contributed by atoms with E-state index in [2.05, 4.69) is 47.5 Å². The van der Waals surface area contributed by atoms with Gasteiger partial charge in [-0.15, -0.1) is 11.3 Å². The Kier molecular flexibility index (Phi) is 3.74. The molecule has 0 atom stereocenters. The van der Waals surface area contributed by atoms with Crippen molar-refractivity contribution in [2.75, 3.05) is 11.9 Å². The number of thiophene rings is 1. The SMILES string of the molecule is CCCNc1ncnc(-c2csc(C)c2)c1C. The molecule has 0 bridgehead atoms. The highest BCUT2D eigenvalue weighted by Crippen LogP contribution is 2.28. The molecule has 0 amide bonds. The van der Waals surface area contributed by atoms with Gasteiger partial charge in [0.05, 0.1) is 5.69 Å². The summed E-state index contributed by atoms with van der Waals surface area (Å²) in [4.78, 5) is 9.98. The molecule has 0 aliphatic carbocycles. The Bertz CT molecular complexity index is 505. The number of hydrogen-bond acceptors (Lipinski definition) is 4. The summed E-state index contributed by atoms with van der Waals surface area (Å²) in [6.07, 6.45) is 2.73. The Morgan fingerprint density at radius 2 is 2.12 bits per heavy atom. The van der Waals surface area contributed by atoms with Crippen molar-refractivity contribution in [1.82, 2.24) is 9.97 Å². The lowest BCUT2D eigenvalue weighted by molar-refractivity contribution is 0.960. The molecule has 0 aromatic carbocycles. The predicted octanol–water partition coefficient (Wildman–Crippen LogP) is 3.64. The fourth-order valence-electron chi connectivity index (χ4n) is 1.73. The highest BCUT2D eigenvalue weighted by atomic mass is 32.1. The molecule has 0 spiro atoms. The molecule has 4 heteroatoms. The Morgan fingerprint density at radius 1 is 1.29 bits per heavy atom. The molecule has 0 fully saturated rings. The average molecular weight is 247 g/mol. The van der Waals surface area contributed by atoms with Crippen LogP contribution < -0.4 is 5.32 Å². The molecule has 0 aliphatic rings. The molecule has 0 saturated carbocycles. The highest BCUT2D eigenvalue weighted by molar-refractivity contribution is 7.10. The van der Waals surface area contributed by atoms with Crippen molar-refractivity contribution < 1.29 is 0 Å². The van der Waals surface area contributed by atoms with Gasteiger partial charge in [-0.3, -0.25) is 0 Å². The van der Waals surface area contributed by atoms with E-state index in [1.165, 1.54) is 10.4 Å². The van der Waals surface area contributed by atoms with Crippen LogP contribution in [0.2, 0.25) is 0 Å². The first-order valence-corrected chi connectivity index (χ1v) is 6.71. The number of aromatic nitrogens is 2. The first-order chi connectivity index (χ1) is 8.22. The molecule has 90 valence electrons. The second-order valence-corrected chi connectivity index (χ2v) is 5.18. The van der Waals surface area contributed by atoms with Crippen LogP contribution in [0.3, 0.4) is 0 Å². The van der Waals surface area contributed by atoms with Crippen LogP contribution in [0.25, 0.3) is 11.3 Å². The second kappa shape index (κ2) is 5.27. The molecule has 2 rings (SSSR count). The van der Waals surface area contributed by atoms with Gasteiger partial charge in [0.15, 0.2) is 0 Å². The van der Waals surface area contributed by atoms with E-state index in [9.17, 15) is 0 Å². The van der Waals surface area contributed by atoms with Gasteiger partial charge in [0.1, 0.15) is 12.1 Å². The average Bonchev–Trinajstić information content (AvgIpc) is 2.74. The molecule has 0 radical (unpaired) electrons. The molecular formula is C13H17N3S. The van der Waals surface area contributed by atoms with Gasteiger partial charge < -0.3 is 5.32 Å². The molecule has 17 heavy (non-hydrogen) atoms. The van der Waals surface area contributed by atoms with Crippen LogP contribution in [0.5, 0.6) is 0 Å². The van der Waals surface area contributed by atoms with Gasteiger partial charge >= 0.3 is 0 Å². The Labute approximate surface area is 106 Å². The van der Waals surface area contributed by atoms with Crippen LogP contribution in [0, 0.1) is 13.8 Å². The van der Waals surface area contributed by atoms with Crippen molar-refractivity contribution in [3.05, 3.63) is 28.2 Å². The highest BCUT2D eigenvalue weighted by Gasteiger charge is 2.09. The van der Waals surface area contributed by atoms with Gasteiger partial charge in [-0.2, -0.15) is 0 Å². The minimum absolute atomic E-state index is 0.944. The summed E-state index contributed by atoms with van der Waals surface area (Å²) in [6.45, 7) is 7.27. The van der Waals surface area contributed by atoms with Crippen molar-refractivity contribution in [3.63, 3.8) is 0 Å². The van der Waals surface area contributed by atoms with E-state index in [-0.39, 0.29) is 0 Å². The zero-order chi connectivity index (χ0) is 12.3. The maximum Gasteiger partial charge on any atom is 0.132 e. The maximum atomic E-state index is 4.39. The summed E-state index contributed by atoms with van der Waals surface area (Å²) < 4.78 is 0. The number of hydrogen-bond donors (Lipinski definition) is 1. The van der Waals surface area contributed by atoms with Crippen LogP contribution in [0.15, 0.2) is 17.8 Å². The Balaban J connectivity index is 2.35. The van der Waals surface area contributed by atoms with E-state index in [1.54, 1.807) is 17.7 Å². The Morgan fingerprint density at radius 3 is 2.76 bits per heavy atom. The minimum atomic E-state index is 0.944. The molecular weight excluding hydrogens is 230 g/mol. The number of aryl methyl sites for hydroxylation is 1. The van der Waals surface area contributed by atoms with Crippen LogP contribution >= 0.6 is 11.3 Å². The van der Waals surface area contributed by atoms with Crippen molar-refractivity contribution in [3.8, 4) is 11.3 Å². The molecule has 2 aromatic heterocycles. The third kappa shape index (κ3) is 2.64. The van der Waals surface area contributed by atoms with Crippen LogP contribution in [0.1, 0.15) is 23.8 Å². The predicted molar refractivity (Wildman–Crippen MR) is 73.6 cm³/mol. The summed E-state index contributed by atoms with van der Waals surface area (Å²) in [5.74, 6) is 0.945. The Hall–Kier alpha value is -1.42. The first-order valence-electron chi connectivity index (χ1n) is 5.83. The number of nitrogens with one attached hydrogen (secondary N) is 1. The van der Waals surface area contributed by atoms with Crippen molar-refractivity contribution in [1.29, 1.82) is 0 Å². The van der Waals surface area contributed by atoms with E-state index >= 15 is 0 Å². The van der Waals surface area contributed by atoms with E-state index in [0.717, 1.165) is 30.0 Å². The van der Waals surface area contributed by atoms with E-state index < -0.39 is 0 Å². The first kappa shape index (κ1) is 12.0. The summed E-state index contributed by atoms with van der Waals surface area (Å²) >= 11 is 1.75. The summed E-state index contributed by atoms with van der Waals surface area (Å²) in [7, 11) is 0. The largest absolute Gasteiger partial charge is 0.370 e. The zero-order valence-corrected chi connectivity index (χ0v) is 11.3. The quantitative estimate of drug-likeness (QED) is 0.896. The topological polar surface area (TPSA) is 37.8 Å². The molecule has 0 unspecified atom stereocenters. The minimum Gasteiger partial charge on any atom is -0.370 e. The summed E-state index contributed by atoms with van der Waals surface area (Å²) in [5, 5.41) is 5.48. The van der Waals surface area contributed by atoms with Crippen LogP contribution in [-0.4, -0.2) is 16.5 Å². The number of nitrogens with zero attached hydrogens (tertiary/aromatic N) is 2. The lowest BCUT2D eigenvalue weighted by atomic mass is 10.1. The van der Waals surface area contributed by atoms with Crippen molar-refractivity contribution in [2.24, 2.45) is 0 Å². The summed E-state index contributed by atoms with van der Waals surface area (Å²) in [6, 6.07) is 2.17. The number of rotatable bonds is 4. The lowest BCUT2D eigenvalue weighted by Crippen LogP contribution is -2.05. The van der Waals surface area contributed by atoms with Gasteiger partial charge in [0, 0.05) is 27.9 Å². The third-order valence-electron chi connectivity index (χ3n) is 2.63. The van der Waals surface area contributed by atoms with Crippen LogP contribution in [0.4, 0.5) is 5.82 Å². The molecule has 3 nitrogen and oxygen atoms in total. The van der Waals surface area contributed by atoms with E-state index in [0.29, 0.717) is 0 Å². The van der Waals surface area contributed by atoms with Gasteiger partial charge in [-0.25, -0.2) is 9.97 Å². The maximum absolute atomic E-state index is 4.39. The van der Waals surface area contributed by atoms with E-state index in [4.69, 9.17) is 0 Å². The van der Waals surface area contributed by atoms with Crippen molar-refractivity contribution in [2.45, 2.75) is 27.2 Å². The van der Waals surface area contributed by atoms with E-state index in [1.807, 2.05) is 0 Å². The zero-order valence-electron chi connectivity index (χ0n) is 10.4. The molecule has 0 saturated heterocycles. The van der Waals surface area contributed by atoms with Gasteiger partial charge in [-0.1, -0.05) is 6.92 Å². The third-order valence-corrected chi connectivity index (χ3v) is 3.49. The molecule has 2 aromatic rings. The normalized spacial score (nSPS) is 10.5. The lowest BCUT2D eigenvalue weighted by Gasteiger charge is -2.09. The standard InChI is InChI=1S/C13H17N3S/c1-4-5-14-13-10(3)12(15-8-16-13)11-6-9(2)17-7-11/h6-8H,4-5H2,1-3H3,(H,14,15,16). The number of anilines is 1. The molecule has 1 N–H and O–H groups in total. The van der Waals surface area contributed by atoms with Crippen molar-refractivity contribution >= 4 is 17.2 Å². The van der Waals surface area contributed by atoms with Crippen LogP contribution in [-0.2, 0) is 0 Å². The second-order valence-electron chi connectivity index (χ2n) is 4.07. The fourth-order valence-corrected chi connectivity index (χ4v) is 2.42.